The van der Waals surface area contributed by atoms with Crippen LogP contribution in [0.2, 0.25) is 5.02 Å². The van der Waals surface area contributed by atoms with Crippen molar-refractivity contribution >= 4 is 22.5 Å². The standard InChI is InChI=1S/C10H9ClN2/c11-9-4-10-7(5-12-13-10)3-8(9)6-1-2-6/h3-6H,1-2H2,(H,12,13). The van der Waals surface area contributed by atoms with Gasteiger partial charge in [0.1, 0.15) is 0 Å². The van der Waals surface area contributed by atoms with Crippen LogP contribution in [0.5, 0.6) is 0 Å². The highest BCUT2D eigenvalue weighted by atomic mass is 35.5. The van der Waals surface area contributed by atoms with Crippen LogP contribution in [0.1, 0.15) is 24.3 Å². The number of aromatic amines is 1. The Morgan fingerprint density at radius 1 is 1.38 bits per heavy atom. The molecule has 0 radical (unpaired) electrons. The summed E-state index contributed by atoms with van der Waals surface area (Å²) in [6.45, 7) is 0. The van der Waals surface area contributed by atoms with E-state index in [-0.39, 0.29) is 0 Å². The lowest BCUT2D eigenvalue weighted by Gasteiger charge is -2.01. The average Bonchev–Trinajstić information content (AvgIpc) is 2.85. The minimum atomic E-state index is 0.701. The van der Waals surface area contributed by atoms with E-state index in [0.29, 0.717) is 5.92 Å². The van der Waals surface area contributed by atoms with Gasteiger partial charge in [0.25, 0.3) is 0 Å². The second-order valence-corrected chi connectivity index (χ2v) is 4.01. The van der Waals surface area contributed by atoms with Gasteiger partial charge in [-0.15, -0.1) is 0 Å². The Morgan fingerprint density at radius 2 is 2.23 bits per heavy atom. The van der Waals surface area contributed by atoms with Crippen LogP contribution in [0.15, 0.2) is 18.3 Å². The summed E-state index contributed by atoms with van der Waals surface area (Å²) in [6.07, 6.45) is 4.41. The van der Waals surface area contributed by atoms with Gasteiger partial charge in [0, 0.05) is 10.4 Å². The van der Waals surface area contributed by atoms with Gasteiger partial charge in [0.15, 0.2) is 0 Å². The van der Waals surface area contributed by atoms with Crippen molar-refractivity contribution in [2.45, 2.75) is 18.8 Å². The van der Waals surface area contributed by atoms with E-state index in [0.717, 1.165) is 15.9 Å². The molecule has 2 nitrogen and oxygen atoms in total. The third-order valence-corrected chi connectivity index (χ3v) is 2.90. The zero-order valence-electron chi connectivity index (χ0n) is 7.05. The molecule has 1 N–H and O–H groups in total. The summed E-state index contributed by atoms with van der Waals surface area (Å²) < 4.78 is 0. The Balaban J connectivity index is 2.27. The highest BCUT2D eigenvalue weighted by Crippen LogP contribution is 2.44. The van der Waals surface area contributed by atoms with Gasteiger partial charge in [-0.3, -0.25) is 5.10 Å². The lowest BCUT2D eigenvalue weighted by Crippen LogP contribution is -1.81. The molecule has 1 aliphatic carbocycles. The van der Waals surface area contributed by atoms with Crippen molar-refractivity contribution in [2.75, 3.05) is 0 Å². The first-order valence-corrected chi connectivity index (χ1v) is 4.85. The van der Waals surface area contributed by atoms with Crippen molar-refractivity contribution in [1.29, 1.82) is 0 Å². The summed E-state index contributed by atoms with van der Waals surface area (Å²) in [5.74, 6) is 0.701. The number of hydrogen-bond donors (Lipinski definition) is 1. The minimum Gasteiger partial charge on any atom is -0.278 e. The molecule has 0 unspecified atom stereocenters. The molecular weight excluding hydrogens is 184 g/mol. The molecule has 0 bridgehead atoms. The van der Waals surface area contributed by atoms with Crippen molar-refractivity contribution in [3.63, 3.8) is 0 Å². The number of rotatable bonds is 1. The second-order valence-electron chi connectivity index (χ2n) is 3.61. The van der Waals surface area contributed by atoms with Gasteiger partial charge in [0.05, 0.1) is 11.7 Å². The third kappa shape index (κ3) is 1.13. The number of halogens is 1. The van der Waals surface area contributed by atoms with Crippen LogP contribution in [-0.2, 0) is 0 Å². The van der Waals surface area contributed by atoms with E-state index >= 15 is 0 Å². The summed E-state index contributed by atoms with van der Waals surface area (Å²) >= 11 is 6.15. The predicted molar refractivity (Wildman–Crippen MR) is 53.1 cm³/mol. The molecular formula is C10H9ClN2. The topological polar surface area (TPSA) is 28.7 Å². The molecule has 1 aromatic heterocycles. The minimum absolute atomic E-state index is 0.701. The third-order valence-electron chi connectivity index (χ3n) is 2.57. The molecule has 0 saturated heterocycles. The van der Waals surface area contributed by atoms with Crippen LogP contribution in [0.4, 0.5) is 0 Å². The summed E-state index contributed by atoms with van der Waals surface area (Å²) in [7, 11) is 0. The highest BCUT2D eigenvalue weighted by molar-refractivity contribution is 6.32. The lowest BCUT2D eigenvalue weighted by molar-refractivity contribution is 1.12. The molecule has 1 saturated carbocycles. The number of nitrogens with one attached hydrogen (secondary N) is 1. The molecule has 13 heavy (non-hydrogen) atoms. The molecule has 3 rings (SSSR count). The van der Waals surface area contributed by atoms with Crippen LogP contribution in [-0.4, -0.2) is 10.2 Å². The molecule has 1 fully saturated rings. The van der Waals surface area contributed by atoms with Crippen molar-refractivity contribution in [3.05, 3.63) is 28.9 Å². The fourth-order valence-electron chi connectivity index (χ4n) is 1.69. The molecule has 1 heterocycles. The van der Waals surface area contributed by atoms with Gasteiger partial charge in [0.2, 0.25) is 0 Å². The van der Waals surface area contributed by atoms with E-state index in [1.54, 1.807) is 0 Å². The number of fused-ring (bicyclic) bond motifs is 1. The monoisotopic (exact) mass is 192 g/mol. The maximum Gasteiger partial charge on any atom is 0.0665 e. The predicted octanol–water partition coefficient (Wildman–Crippen LogP) is 3.09. The molecule has 1 aromatic carbocycles. The SMILES string of the molecule is Clc1cc2[nH]ncc2cc1C1CC1. The summed E-state index contributed by atoms with van der Waals surface area (Å²) in [5, 5.41) is 8.93. The Kier molecular flexibility index (Phi) is 1.41. The Labute approximate surface area is 80.9 Å². The maximum atomic E-state index is 6.15. The van der Waals surface area contributed by atoms with Gasteiger partial charge >= 0.3 is 0 Å². The van der Waals surface area contributed by atoms with Gasteiger partial charge in [-0.05, 0) is 36.5 Å². The first-order chi connectivity index (χ1) is 6.34. The molecule has 0 spiro atoms. The van der Waals surface area contributed by atoms with Crippen molar-refractivity contribution < 1.29 is 0 Å². The Bertz CT molecular complexity index is 457. The van der Waals surface area contributed by atoms with Crippen molar-refractivity contribution in [2.24, 2.45) is 0 Å². The molecule has 0 amide bonds. The van der Waals surface area contributed by atoms with Gasteiger partial charge in [-0.1, -0.05) is 11.6 Å². The van der Waals surface area contributed by atoms with Gasteiger partial charge < -0.3 is 0 Å². The number of H-pyrrole nitrogens is 1. The smallest absolute Gasteiger partial charge is 0.0665 e. The number of nitrogens with zero attached hydrogens (tertiary/aromatic N) is 1. The van der Waals surface area contributed by atoms with Crippen LogP contribution in [0.25, 0.3) is 10.9 Å². The molecule has 3 heteroatoms. The van der Waals surface area contributed by atoms with Crippen LogP contribution < -0.4 is 0 Å². The molecule has 0 aliphatic heterocycles. The van der Waals surface area contributed by atoms with Crippen molar-refractivity contribution in [3.8, 4) is 0 Å². The first-order valence-electron chi connectivity index (χ1n) is 4.47. The number of benzene rings is 1. The van der Waals surface area contributed by atoms with Crippen LogP contribution in [0, 0.1) is 0 Å². The van der Waals surface area contributed by atoms with Crippen LogP contribution >= 0.6 is 11.6 Å². The molecule has 1 aliphatic rings. The summed E-state index contributed by atoms with van der Waals surface area (Å²) in [6, 6.07) is 4.12. The fourth-order valence-corrected chi connectivity index (χ4v) is 2.01. The molecule has 66 valence electrons. The summed E-state index contributed by atoms with van der Waals surface area (Å²) in [4.78, 5) is 0. The van der Waals surface area contributed by atoms with E-state index in [1.807, 2.05) is 12.3 Å². The second kappa shape index (κ2) is 2.48. The normalized spacial score (nSPS) is 16.7. The maximum absolute atomic E-state index is 6.15. The quantitative estimate of drug-likeness (QED) is 0.739. The van der Waals surface area contributed by atoms with E-state index in [9.17, 15) is 0 Å². The van der Waals surface area contributed by atoms with E-state index in [1.165, 1.54) is 18.4 Å². The average molecular weight is 193 g/mol. The Hall–Kier alpha value is -1.02. The highest BCUT2D eigenvalue weighted by Gasteiger charge is 2.26. The number of aromatic nitrogens is 2. The van der Waals surface area contributed by atoms with Crippen LogP contribution in [0.3, 0.4) is 0 Å². The van der Waals surface area contributed by atoms with E-state index < -0.39 is 0 Å². The number of hydrogen-bond acceptors (Lipinski definition) is 1. The fraction of sp³-hybridized carbons (Fsp3) is 0.300. The van der Waals surface area contributed by atoms with E-state index in [2.05, 4.69) is 16.3 Å². The largest absolute Gasteiger partial charge is 0.278 e. The Morgan fingerprint density at radius 3 is 3.00 bits per heavy atom. The van der Waals surface area contributed by atoms with Crippen molar-refractivity contribution in [1.82, 2.24) is 10.2 Å². The molecule has 0 atom stereocenters. The lowest BCUT2D eigenvalue weighted by atomic mass is 10.1. The van der Waals surface area contributed by atoms with Gasteiger partial charge in [-0.2, -0.15) is 5.10 Å². The zero-order chi connectivity index (χ0) is 8.84. The first kappa shape index (κ1) is 7.39. The molecule has 2 aromatic rings. The van der Waals surface area contributed by atoms with Gasteiger partial charge in [-0.25, -0.2) is 0 Å². The van der Waals surface area contributed by atoms with E-state index in [4.69, 9.17) is 11.6 Å². The summed E-state index contributed by atoms with van der Waals surface area (Å²) in [5.41, 5.74) is 2.31. The zero-order valence-corrected chi connectivity index (χ0v) is 7.80.